The predicted octanol–water partition coefficient (Wildman–Crippen LogP) is 1.37. The molecule has 3 heterocycles. The van der Waals surface area contributed by atoms with Crippen LogP contribution in [0.3, 0.4) is 0 Å². The van der Waals surface area contributed by atoms with Gasteiger partial charge in [-0.15, -0.1) is 6.58 Å². The molecule has 130 valence electrons. The number of hydrogen-bond acceptors (Lipinski definition) is 4. The molecule has 4 rings (SSSR count). The molecule has 1 aromatic rings. The SMILES string of the molecule is C=C(C)C[C@@H]1N(c2ccc(C)cc2)C(=O)[C@H]2[C@@H](C(=O)[O-])[C@H]3C=C[C@@]12O3. The average molecular weight is 338 g/mol. The first-order chi connectivity index (χ1) is 11.8. The van der Waals surface area contributed by atoms with Crippen LogP contribution in [0.2, 0.25) is 0 Å². The number of rotatable bonds is 4. The third-order valence-electron chi connectivity index (χ3n) is 5.55. The average Bonchev–Trinajstić information content (AvgIpc) is 3.18. The van der Waals surface area contributed by atoms with E-state index >= 15 is 0 Å². The smallest absolute Gasteiger partial charge is 0.234 e. The van der Waals surface area contributed by atoms with Gasteiger partial charge in [0.05, 0.1) is 18.1 Å². The van der Waals surface area contributed by atoms with Crippen molar-refractivity contribution in [1.82, 2.24) is 0 Å². The van der Waals surface area contributed by atoms with E-state index < -0.39 is 29.5 Å². The molecule has 0 aliphatic carbocycles. The van der Waals surface area contributed by atoms with Crippen molar-refractivity contribution < 1.29 is 19.4 Å². The highest BCUT2D eigenvalue weighted by atomic mass is 16.5. The zero-order valence-electron chi connectivity index (χ0n) is 14.3. The van der Waals surface area contributed by atoms with Crippen molar-refractivity contribution in [3.63, 3.8) is 0 Å². The number of ether oxygens (including phenoxy) is 1. The lowest BCUT2D eigenvalue weighted by Crippen LogP contribution is -2.46. The Morgan fingerprint density at radius 3 is 2.64 bits per heavy atom. The lowest BCUT2D eigenvalue weighted by atomic mass is 9.74. The first-order valence-electron chi connectivity index (χ1n) is 8.47. The molecule has 2 saturated heterocycles. The Morgan fingerprint density at radius 1 is 1.36 bits per heavy atom. The fourth-order valence-electron chi connectivity index (χ4n) is 4.51. The van der Waals surface area contributed by atoms with Crippen LogP contribution in [-0.2, 0) is 14.3 Å². The second-order valence-electron chi connectivity index (χ2n) is 7.34. The number of hydrogen-bond donors (Lipinski definition) is 0. The Morgan fingerprint density at radius 2 is 2.04 bits per heavy atom. The second-order valence-corrected chi connectivity index (χ2v) is 7.34. The van der Waals surface area contributed by atoms with E-state index in [0.29, 0.717) is 6.42 Å². The number of carboxylic acid groups (broad SMARTS) is 1. The van der Waals surface area contributed by atoms with Gasteiger partial charge in [0.2, 0.25) is 5.91 Å². The van der Waals surface area contributed by atoms with Crippen molar-refractivity contribution in [3.8, 4) is 0 Å². The number of carbonyl (C=O) groups is 2. The molecule has 1 spiro atoms. The summed E-state index contributed by atoms with van der Waals surface area (Å²) < 4.78 is 6.08. The minimum atomic E-state index is -1.23. The van der Waals surface area contributed by atoms with Gasteiger partial charge in [0.25, 0.3) is 0 Å². The Balaban J connectivity index is 1.84. The maximum absolute atomic E-state index is 13.3. The normalized spacial score (nSPS) is 35.3. The summed E-state index contributed by atoms with van der Waals surface area (Å²) in [6.07, 6.45) is 3.59. The van der Waals surface area contributed by atoms with Crippen LogP contribution in [0.4, 0.5) is 5.69 Å². The van der Waals surface area contributed by atoms with Crippen molar-refractivity contribution in [1.29, 1.82) is 0 Å². The van der Waals surface area contributed by atoms with Gasteiger partial charge in [-0.3, -0.25) is 4.79 Å². The number of fused-ring (bicyclic) bond motifs is 1. The lowest BCUT2D eigenvalue weighted by molar-refractivity contribution is -0.313. The second kappa shape index (κ2) is 5.30. The third-order valence-corrected chi connectivity index (χ3v) is 5.55. The summed E-state index contributed by atoms with van der Waals surface area (Å²) in [6, 6.07) is 7.35. The summed E-state index contributed by atoms with van der Waals surface area (Å²) in [5.41, 5.74) is 1.84. The van der Waals surface area contributed by atoms with Crippen LogP contribution in [-0.4, -0.2) is 29.6 Å². The summed E-state index contributed by atoms with van der Waals surface area (Å²) in [5, 5.41) is 11.7. The maximum atomic E-state index is 13.3. The largest absolute Gasteiger partial charge is 0.550 e. The van der Waals surface area contributed by atoms with Crippen molar-refractivity contribution in [2.24, 2.45) is 11.8 Å². The molecule has 5 heteroatoms. The number of nitrogens with zero attached hydrogens (tertiary/aromatic N) is 1. The van der Waals surface area contributed by atoms with E-state index in [1.165, 1.54) is 0 Å². The topological polar surface area (TPSA) is 69.7 Å². The number of carbonyl (C=O) groups excluding carboxylic acids is 2. The van der Waals surface area contributed by atoms with Crippen LogP contribution >= 0.6 is 0 Å². The molecular formula is C20H20NO4-. The summed E-state index contributed by atoms with van der Waals surface area (Å²) in [4.78, 5) is 26.6. The molecule has 0 aromatic heterocycles. The van der Waals surface area contributed by atoms with Gasteiger partial charge in [-0.25, -0.2) is 0 Å². The molecule has 0 radical (unpaired) electrons. The van der Waals surface area contributed by atoms with Gasteiger partial charge in [0, 0.05) is 17.6 Å². The highest BCUT2D eigenvalue weighted by molar-refractivity contribution is 6.03. The van der Waals surface area contributed by atoms with Gasteiger partial charge >= 0.3 is 0 Å². The quantitative estimate of drug-likeness (QED) is 0.778. The van der Waals surface area contributed by atoms with E-state index in [9.17, 15) is 14.7 Å². The Hall–Kier alpha value is -2.40. The van der Waals surface area contributed by atoms with E-state index in [1.807, 2.05) is 44.2 Å². The van der Waals surface area contributed by atoms with Crippen LogP contribution in [0.1, 0.15) is 18.9 Å². The number of amides is 1. The molecule has 0 unspecified atom stereocenters. The zero-order valence-corrected chi connectivity index (χ0v) is 14.3. The van der Waals surface area contributed by atoms with Gasteiger partial charge < -0.3 is 19.5 Å². The molecule has 2 bridgehead atoms. The number of aryl methyl sites for hydroxylation is 1. The van der Waals surface area contributed by atoms with E-state index in [1.54, 1.807) is 11.0 Å². The first kappa shape index (κ1) is 16.1. The van der Waals surface area contributed by atoms with E-state index in [0.717, 1.165) is 16.8 Å². The number of benzene rings is 1. The standard InChI is InChI=1S/C20H21NO4/c1-11(2)10-15-20-9-8-14(25-20)16(19(23)24)17(20)18(22)21(15)13-6-4-12(3)5-7-13/h4-9,14-17H,1,10H2,2-3H3,(H,23,24)/p-1/t14-,15+,16+,17-,20-/m1/s1. The third kappa shape index (κ3) is 2.12. The molecule has 2 fully saturated rings. The molecule has 1 aromatic carbocycles. The summed E-state index contributed by atoms with van der Waals surface area (Å²) in [6.45, 7) is 7.87. The Labute approximate surface area is 146 Å². The number of carboxylic acids is 1. The van der Waals surface area contributed by atoms with Crippen molar-refractivity contribution in [3.05, 3.63) is 54.1 Å². The molecule has 5 nitrogen and oxygen atoms in total. The van der Waals surface area contributed by atoms with Crippen LogP contribution < -0.4 is 10.0 Å². The van der Waals surface area contributed by atoms with Crippen molar-refractivity contribution in [2.45, 2.75) is 38.0 Å². The summed E-state index contributed by atoms with van der Waals surface area (Å²) >= 11 is 0. The molecular weight excluding hydrogens is 318 g/mol. The first-order valence-corrected chi connectivity index (χ1v) is 8.47. The maximum Gasteiger partial charge on any atom is 0.234 e. The minimum absolute atomic E-state index is 0.212. The molecule has 5 atom stereocenters. The van der Waals surface area contributed by atoms with Gasteiger partial charge in [-0.2, -0.15) is 0 Å². The van der Waals surface area contributed by atoms with Crippen molar-refractivity contribution >= 4 is 17.6 Å². The molecule has 1 amide bonds. The van der Waals surface area contributed by atoms with Gasteiger partial charge in [-0.05, 0) is 32.4 Å². The van der Waals surface area contributed by atoms with E-state index in [2.05, 4.69) is 6.58 Å². The molecule has 3 aliphatic heterocycles. The monoisotopic (exact) mass is 338 g/mol. The Bertz CT molecular complexity index is 796. The fourth-order valence-corrected chi connectivity index (χ4v) is 4.51. The van der Waals surface area contributed by atoms with Crippen molar-refractivity contribution in [2.75, 3.05) is 4.90 Å². The summed E-state index contributed by atoms with van der Waals surface area (Å²) in [7, 11) is 0. The van der Waals surface area contributed by atoms with Crippen LogP contribution in [0, 0.1) is 18.8 Å². The molecule has 0 N–H and O–H groups in total. The minimum Gasteiger partial charge on any atom is -0.550 e. The number of aliphatic carboxylic acids is 1. The van der Waals surface area contributed by atoms with E-state index in [-0.39, 0.29) is 11.9 Å². The Kier molecular flexibility index (Phi) is 3.41. The van der Waals surface area contributed by atoms with Crippen LogP contribution in [0.5, 0.6) is 0 Å². The molecule has 25 heavy (non-hydrogen) atoms. The highest BCUT2D eigenvalue weighted by Gasteiger charge is 2.69. The van der Waals surface area contributed by atoms with Gasteiger partial charge in [-0.1, -0.05) is 35.4 Å². The number of anilines is 1. The van der Waals surface area contributed by atoms with Crippen LogP contribution in [0.15, 0.2) is 48.6 Å². The van der Waals surface area contributed by atoms with E-state index in [4.69, 9.17) is 4.74 Å². The van der Waals surface area contributed by atoms with Crippen LogP contribution in [0.25, 0.3) is 0 Å². The highest BCUT2D eigenvalue weighted by Crippen LogP contribution is 2.56. The summed E-state index contributed by atoms with van der Waals surface area (Å²) in [5.74, 6) is -3.13. The van der Waals surface area contributed by atoms with Gasteiger partial charge in [0.1, 0.15) is 5.60 Å². The zero-order chi connectivity index (χ0) is 17.9. The molecule has 0 saturated carbocycles. The lowest BCUT2D eigenvalue weighted by Gasteiger charge is -2.33. The fraction of sp³-hybridized carbons (Fsp3) is 0.400. The predicted molar refractivity (Wildman–Crippen MR) is 90.6 cm³/mol. The molecule has 3 aliphatic rings. The van der Waals surface area contributed by atoms with Gasteiger partial charge in [0.15, 0.2) is 0 Å².